The van der Waals surface area contributed by atoms with E-state index in [4.69, 9.17) is 5.11 Å². The highest BCUT2D eigenvalue weighted by Crippen LogP contribution is 2.28. The predicted molar refractivity (Wildman–Crippen MR) is 66.0 cm³/mol. The number of benzene rings is 1. The van der Waals surface area contributed by atoms with Crippen molar-refractivity contribution in [2.24, 2.45) is 5.92 Å². The molecule has 16 heavy (non-hydrogen) atoms. The molecule has 0 bridgehead atoms. The Hall–Kier alpha value is -0.960. The van der Waals surface area contributed by atoms with Crippen LogP contribution in [0.4, 0.5) is 0 Å². The topological polar surface area (TPSA) is 37.3 Å². The Kier molecular flexibility index (Phi) is 3.54. The molecule has 0 aromatic heterocycles. The number of rotatable bonds is 4. The fraction of sp³-hybridized carbons (Fsp3) is 0.462. The van der Waals surface area contributed by atoms with Crippen molar-refractivity contribution in [3.05, 3.63) is 29.3 Å². The monoisotopic (exact) mass is 236 g/mol. The number of aliphatic carboxylic acids is 1. The maximum absolute atomic E-state index is 10.7. The minimum absolute atomic E-state index is 0.279. The molecule has 0 saturated heterocycles. The highest BCUT2D eigenvalue weighted by molar-refractivity contribution is 7.99. The summed E-state index contributed by atoms with van der Waals surface area (Å²) >= 11 is 1.64. The van der Waals surface area contributed by atoms with Crippen LogP contribution in [0, 0.1) is 5.92 Å². The zero-order chi connectivity index (χ0) is 11.5. The SMILES string of the molecule is CC(CSc1ccc2c(c1)CCC2)C(=O)O. The third-order valence-corrected chi connectivity index (χ3v) is 4.25. The lowest BCUT2D eigenvalue weighted by Gasteiger charge is -2.07. The molecule has 0 amide bonds. The first-order valence-electron chi connectivity index (χ1n) is 5.64. The van der Waals surface area contributed by atoms with Crippen LogP contribution >= 0.6 is 11.8 Å². The second-order valence-corrected chi connectivity index (χ2v) is 5.43. The zero-order valence-corrected chi connectivity index (χ0v) is 10.2. The Bertz CT molecular complexity index is 401. The minimum atomic E-state index is -0.714. The second kappa shape index (κ2) is 4.91. The number of hydrogen-bond donors (Lipinski definition) is 1. The van der Waals surface area contributed by atoms with Crippen LogP contribution < -0.4 is 0 Å². The fourth-order valence-electron chi connectivity index (χ4n) is 1.93. The molecule has 0 aliphatic heterocycles. The average Bonchev–Trinajstić information content (AvgIpc) is 2.72. The van der Waals surface area contributed by atoms with Crippen molar-refractivity contribution in [1.29, 1.82) is 0 Å². The highest BCUT2D eigenvalue weighted by atomic mass is 32.2. The summed E-state index contributed by atoms with van der Waals surface area (Å²) in [5.74, 6) is -0.347. The second-order valence-electron chi connectivity index (χ2n) is 4.33. The number of carboxylic acid groups (broad SMARTS) is 1. The van der Waals surface area contributed by atoms with E-state index in [0.717, 1.165) is 0 Å². The Morgan fingerprint density at radius 3 is 2.94 bits per heavy atom. The summed E-state index contributed by atoms with van der Waals surface area (Å²) in [4.78, 5) is 11.9. The van der Waals surface area contributed by atoms with Crippen molar-refractivity contribution < 1.29 is 9.90 Å². The Morgan fingerprint density at radius 2 is 2.19 bits per heavy atom. The first-order chi connectivity index (χ1) is 7.66. The molecule has 2 rings (SSSR count). The summed E-state index contributed by atoms with van der Waals surface area (Å²) in [5, 5.41) is 8.80. The van der Waals surface area contributed by atoms with Crippen LogP contribution in [-0.4, -0.2) is 16.8 Å². The van der Waals surface area contributed by atoms with Crippen LogP contribution in [0.25, 0.3) is 0 Å². The zero-order valence-electron chi connectivity index (χ0n) is 9.40. The van der Waals surface area contributed by atoms with Gasteiger partial charge in [0, 0.05) is 10.6 Å². The number of carboxylic acids is 1. The lowest BCUT2D eigenvalue weighted by molar-refractivity contribution is -0.140. The average molecular weight is 236 g/mol. The summed E-state index contributed by atoms with van der Waals surface area (Å²) in [6.45, 7) is 1.75. The van der Waals surface area contributed by atoms with Crippen molar-refractivity contribution in [2.45, 2.75) is 31.1 Å². The van der Waals surface area contributed by atoms with Gasteiger partial charge in [-0.2, -0.15) is 0 Å². The van der Waals surface area contributed by atoms with E-state index < -0.39 is 5.97 Å². The molecular formula is C13H16O2S. The van der Waals surface area contributed by atoms with E-state index in [0.29, 0.717) is 5.75 Å². The van der Waals surface area contributed by atoms with Gasteiger partial charge in [0.05, 0.1) is 5.92 Å². The quantitative estimate of drug-likeness (QED) is 0.817. The normalized spacial score (nSPS) is 15.8. The number of carbonyl (C=O) groups is 1. The van der Waals surface area contributed by atoms with Gasteiger partial charge in [0.15, 0.2) is 0 Å². The fourth-order valence-corrected chi connectivity index (χ4v) is 2.91. The Balaban J connectivity index is 1.98. The van der Waals surface area contributed by atoms with Gasteiger partial charge in [-0.1, -0.05) is 13.0 Å². The molecule has 86 valence electrons. The van der Waals surface area contributed by atoms with Crippen LogP contribution in [0.5, 0.6) is 0 Å². The highest BCUT2D eigenvalue weighted by Gasteiger charge is 2.13. The van der Waals surface area contributed by atoms with Crippen LogP contribution in [0.1, 0.15) is 24.5 Å². The van der Waals surface area contributed by atoms with E-state index >= 15 is 0 Å². The molecule has 1 aliphatic carbocycles. The van der Waals surface area contributed by atoms with Gasteiger partial charge in [-0.15, -0.1) is 11.8 Å². The molecule has 1 N–H and O–H groups in total. The molecule has 3 heteroatoms. The van der Waals surface area contributed by atoms with Gasteiger partial charge < -0.3 is 5.11 Å². The number of thioether (sulfide) groups is 1. The van der Waals surface area contributed by atoms with E-state index in [1.807, 2.05) is 0 Å². The largest absolute Gasteiger partial charge is 0.481 e. The molecular weight excluding hydrogens is 220 g/mol. The van der Waals surface area contributed by atoms with Crippen molar-refractivity contribution >= 4 is 17.7 Å². The standard InChI is InChI=1S/C13H16O2S/c1-9(13(14)15)8-16-12-6-5-10-3-2-4-11(10)7-12/h5-7,9H,2-4,8H2,1H3,(H,14,15). The van der Waals surface area contributed by atoms with Crippen LogP contribution in [0.3, 0.4) is 0 Å². The van der Waals surface area contributed by atoms with Crippen molar-refractivity contribution in [3.63, 3.8) is 0 Å². The van der Waals surface area contributed by atoms with E-state index in [1.54, 1.807) is 18.7 Å². The number of hydrogen-bond acceptors (Lipinski definition) is 2. The lowest BCUT2D eigenvalue weighted by atomic mass is 10.1. The van der Waals surface area contributed by atoms with Crippen molar-refractivity contribution in [1.82, 2.24) is 0 Å². The maximum atomic E-state index is 10.7. The molecule has 0 spiro atoms. The first-order valence-corrected chi connectivity index (χ1v) is 6.63. The molecule has 0 fully saturated rings. The molecule has 1 aromatic carbocycles. The van der Waals surface area contributed by atoms with E-state index in [-0.39, 0.29) is 5.92 Å². The Labute approximate surface area is 100 Å². The Morgan fingerprint density at radius 1 is 1.44 bits per heavy atom. The summed E-state index contributed by atoms with van der Waals surface area (Å²) in [5.41, 5.74) is 2.92. The van der Waals surface area contributed by atoms with E-state index in [9.17, 15) is 4.79 Å². The van der Waals surface area contributed by atoms with Crippen LogP contribution in [0.15, 0.2) is 23.1 Å². The van der Waals surface area contributed by atoms with Gasteiger partial charge in [0.25, 0.3) is 0 Å². The summed E-state index contributed by atoms with van der Waals surface area (Å²) in [7, 11) is 0. The smallest absolute Gasteiger partial charge is 0.307 e. The van der Waals surface area contributed by atoms with Gasteiger partial charge in [-0.25, -0.2) is 0 Å². The molecule has 0 radical (unpaired) electrons. The first kappa shape index (κ1) is 11.5. The van der Waals surface area contributed by atoms with Crippen LogP contribution in [0.2, 0.25) is 0 Å². The maximum Gasteiger partial charge on any atom is 0.307 e. The minimum Gasteiger partial charge on any atom is -0.481 e. The molecule has 1 unspecified atom stereocenters. The van der Waals surface area contributed by atoms with Gasteiger partial charge in [0.1, 0.15) is 0 Å². The summed E-state index contributed by atoms with van der Waals surface area (Å²) < 4.78 is 0. The van der Waals surface area contributed by atoms with Gasteiger partial charge in [-0.3, -0.25) is 4.79 Å². The number of fused-ring (bicyclic) bond motifs is 1. The van der Waals surface area contributed by atoms with Gasteiger partial charge >= 0.3 is 5.97 Å². The molecule has 0 heterocycles. The third kappa shape index (κ3) is 2.59. The van der Waals surface area contributed by atoms with Gasteiger partial charge in [0.2, 0.25) is 0 Å². The van der Waals surface area contributed by atoms with E-state index in [1.165, 1.54) is 35.3 Å². The van der Waals surface area contributed by atoms with Crippen molar-refractivity contribution in [2.75, 3.05) is 5.75 Å². The lowest BCUT2D eigenvalue weighted by Crippen LogP contribution is -2.11. The molecule has 2 nitrogen and oxygen atoms in total. The summed E-state index contributed by atoms with van der Waals surface area (Å²) in [6, 6.07) is 6.53. The van der Waals surface area contributed by atoms with Crippen LogP contribution in [-0.2, 0) is 17.6 Å². The molecule has 1 atom stereocenters. The predicted octanol–water partition coefficient (Wildman–Crippen LogP) is 2.99. The molecule has 0 saturated carbocycles. The number of aryl methyl sites for hydroxylation is 2. The van der Waals surface area contributed by atoms with Crippen molar-refractivity contribution in [3.8, 4) is 0 Å². The molecule has 1 aliphatic rings. The summed E-state index contributed by atoms with van der Waals surface area (Å²) in [6.07, 6.45) is 3.64. The van der Waals surface area contributed by atoms with E-state index in [2.05, 4.69) is 18.2 Å². The van der Waals surface area contributed by atoms with Gasteiger partial charge in [-0.05, 0) is 42.5 Å². The third-order valence-electron chi connectivity index (χ3n) is 2.99. The molecule has 1 aromatic rings.